The number of methoxy groups -OCH3 is 1. The molecule has 1 aliphatic rings. The first-order valence-electron chi connectivity index (χ1n) is 13.2. The van der Waals surface area contributed by atoms with Crippen LogP contribution in [0.15, 0.2) is 54.9 Å². The van der Waals surface area contributed by atoms with Gasteiger partial charge in [-0.1, -0.05) is 13.0 Å². The van der Waals surface area contributed by atoms with Crippen LogP contribution in [-0.4, -0.2) is 82.5 Å². The van der Waals surface area contributed by atoms with Gasteiger partial charge < -0.3 is 28.8 Å². The standard InChI is InChI=1S/C29H37FN4O5/c1-4-28-31-11-12-33(28)15-16-38-27-17-23(5-10-26(27)37-3)18-32-13-14-34(22(2)35)20-29(36,19-32)21-39-25-8-6-24(30)7-9-25/h5-12,17,36H,4,13-16,18-21H2,1-3H3/t29-/m0/s1. The Labute approximate surface area is 228 Å². The van der Waals surface area contributed by atoms with Crippen molar-refractivity contribution in [3.63, 3.8) is 0 Å². The van der Waals surface area contributed by atoms with Gasteiger partial charge in [0.1, 0.15) is 36.2 Å². The van der Waals surface area contributed by atoms with Gasteiger partial charge in [-0.05, 0) is 42.0 Å². The SMILES string of the molecule is CCc1nccn1CCOc1cc(CN2CCN(C(C)=O)C[C@](O)(COc3ccc(F)cc3)C2)ccc1OC. The Balaban J connectivity index is 1.44. The van der Waals surface area contributed by atoms with Gasteiger partial charge >= 0.3 is 0 Å². The van der Waals surface area contributed by atoms with Crippen LogP contribution in [0.5, 0.6) is 17.2 Å². The third kappa shape index (κ3) is 7.70. The quantitative estimate of drug-likeness (QED) is 0.400. The number of aliphatic hydroxyl groups is 1. The number of carbonyl (C=O) groups is 1. The van der Waals surface area contributed by atoms with Crippen LogP contribution in [0.3, 0.4) is 0 Å². The fourth-order valence-electron chi connectivity index (χ4n) is 4.79. The molecule has 3 aromatic rings. The predicted molar refractivity (Wildman–Crippen MR) is 144 cm³/mol. The Morgan fingerprint density at radius 3 is 2.62 bits per heavy atom. The lowest BCUT2D eigenvalue weighted by Crippen LogP contribution is -2.51. The number of aromatic nitrogens is 2. The molecule has 0 saturated carbocycles. The third-order valence-electron chi connectivity index (χ3n) is 6.80. The molecule has 10 heteroatoms. The summed E-state index contributed by atoms with van der Waals surface area (Å²) in [4.78, 5) is 20.3. The molecule has 0 spiro atoms. The topological polar surface area (TPSA) is 89.3 Å². The number of nitrogens with zero attached hydrogens (tertiary/aromatic N) is 4. The van der Waals surface area contributed by atoms with Crippen molar-refractivity contribution in [2.45, 2.75) is 39.0 Å². The molecule has 4 rings (SSSR count). The minimum absolute atomic E-state index is 0.0378. The van der Waals surface area contributed by atoms with E-state index in [1.54, 1.807) is 18.2 Å². The molecule has 1 aliphatic heterocycles. The van der Waals surface area contributed by atoms with E-state index in [0.29, 0.717) is 56.6 Å². The first kappa shape index (κ1) is 28.4. The molecule has 39 heavy (non-hydrogen) atoms. The van der Waals surface area contributed by atoms with E-state index in [-0.39, 0.29) is 24.9 Å². The first-order chi connectivity index (χ1) is 18.8. The molecule has 2 heterocycles. The summed E-state index contributed by atoms with van der Waals surface area (Å²) in [6.45, 7) is 6.70. The molecule has 9 nitrogen and oxygen atoms in total. The third-order valence-corrected chi connectivity index (χ3v) is 6.80. The minimum atomic E-state index is -1.32. The second-order valence-electron chi connectivity index (χ2n) is 9.84. The monoisotopic (exact) mass is 540 g/mol. The molecule has 1 fully saturated rings. The number of carbonyl (C=O) groups excluding carboxylic acids is 1. The van der Waals surface area contributed by atoms with Gasteiger partial charge in [0.2, 0.25) is 5.91 Å². The van der Waals surface area contributed by atoms with Crippen LogP contribution in [0.1, 0.15) is 25.2 Å². The van der Waals surface area contributed by atoms with Crippen LogP contribution in [0.4, 0.5) is 4.39 Å². The molecule has 0 radical (unpaired) electrons. The van der Waals surface area contributed by atoms with E-state index in [2.05, 4.69) is 21.4 Å². The zero-order valence-electron chi connectivity index (χ0n) is 22.8. The van der Waals surface area contributed by atoms with Gasteiger partial charge in [-0.3, -0.25) is 9.69 Å². The molecule has 1 aromatic heterocycles. The van der Waals surface area contributed by atoms with Crippen molar-refractivity contribution in [3.05, 3.63) is 72.1 Å². The maximum absolute atomic E-state index is 13.3. The number of hydrogen-bond acceptors (Lipinski definition) is 7. The highest BCUT2D eigenvalue weighted by Gasteiger charge is 2.37. The first-order valence-corrected chi connectivity index (χ1v) is 13.2. The highest BCUT2D eigenvalue weighted by Crippen LogP contribution is 2.29. The predicted octanol–water partition coefficient (Wildman–Crippen LogP) is 3.15. The molecule has 0 bridgehead atoms. The van der Waals surface area contributed by atoms with Crippen molar-refractivity contribution < 1.29 is 28.5 Å². The molecular formula is C29H37FN4O5. The molecule has 210 valence electrons. The van der Waals surface area contributed by atoms with Gasteiger partial charge in [-0.2, -0.15) is 0 Å². The van der Waals surface area contributed by atoms with E-state index in [1.807, 2.05) is 24.4 Å². The number of rotatable bonds is 11. The lowest BCUT2D eigenvalue weighted by atomic mass is 10.0. The van der Waals surface area contributed by atoms with Crippen LogP contribution in [0, 0.1) is 5.82 Å². The molecule has 1 saturated heterocycles. The zero-order chi connectivity index (χ0) is 27.8. The largest absolute Gasteiger partial charge is 0.493 e. The van der Waals surface area contributed by atoms with Gasteiger partial charge in [0, 0.05) is 51.9 Å². The Morgan fingerprint density at radius 1 is 1.10 bits per heavy atom. The van der Waals surface area contributed by atoms with Gasteiger partial charge in [0.05, 0.1) is 20.2 Å². The fourth-order valence-corrected chi connectivity index (χ4v) is 4.79. The van der Waals surface area contributed by atoms with Crippen LogP contribution in [0.2, 0.25) is 0 Å². The van der Waals surface area contributed by atoms with Crippen molar-refractivity contribution >= 4 is 5.91 Å². The number of amides is 1. The Hall–Kier alpha value is -3.63. The van der Waals surface area contributed by atoms with Crippen molar-refractivity contribution in [1.82, 2.24) is 19.4 Å². The second kappa shape index (κ2) is 12.9. The average Bonchev–Trinajstić information content (AvgIpc) is 3.31. The van der Waals surface area contributed by atoms with E-state index in [9.17, 15) is 14.3 Å². The van der Waals surface area contributed by atoms with Gasteiger partial charge in [-0.15, -0.1) is 0 Å². The highest BCUT2D eigenvalue weighted by molar-refractivity contribution is 5.73. The van der Waals surface area contributed by atoms with Gasteiger partial charge in [-0.25, -0.2) is 9.37 Å². The normalized spacial score (nSPS) is 18.0. The van der Waals surface area contributed by atoms with Crippen LogP contribution in [0.25, 0.3) is 0 Å². The molecule has 1 amide bonds. The van der Waals surface area contributed by atoms with E-state index in [0.717, 1.165) is 17.8 Å². The minimum Gasteiger partial charge on any atom is -0.493 e. The van der Waals surface area contributed by atoms with Crippen molar-refractivity contribution in [1.29, 1.82) is 0 Å². The number of ether oxygens (including phenoxy) is 3. The van der Waals surface area contributed by atoms with Crippen LogP contribution < -0.4 is 14.2 Å². The van der Waals surface area contributed by atoms with Crippen molar-refractivity contribution in [3.8, 4) is 17.2 Å². The highest BCUT2D eigenvalue weighted by atomic mass is 19.1. The van der Waals surface area contributed by atoms with Gasteiger partial charge in [0.25, 0.3) is 0 Å². The average molecular weight is 541 g/mol. The van der Waals surface area contributed by atoms with E-state index in [4.69, 9.17) is 14.2 Å². The number of halogens is 1. The van der Waals surface area contributed by atoms with Crippen molar-refractivity contribution in [2.75, 3.05) is 46.5 Å². The second-order valence-corrected chi connectivity index (χ2v) is 9.84. The van der Waals surface area contributed by atoms with Crippen LogP contribution in [-0.2, 0) is 24.3 Å². The number of aryl methyl sites for hydroxylation is 1. The zero-order valence-corrected chi connectivity index (χ0v) is 22.8. The van der Waals surface area contributed by atoms with E-state index in [1.165, 1.54) is 31.2 Å². The maximum atomic E-state index is 13.3. The Morgan fingerprint density at radius 2 is 1.90 bits per heavy atom. The maximum Gasteiger partial charge on any atom is 0.219 e. The Bertz CT molecular complexity index is 1230. The van der Waals surface area contributed by atoms with Crippen LogP contribution >= 0.6 is 0 Å². The summed E-state index contributed by atoms with van der Waals surface area (Å²) in [6.07, 6.45) is 4.59. The smallest absolute Gasteiger partial charge is 0.219 e. The lowest BCUT2D eigenvalue weighted by Gasteiger charge is -2.32. The molecular weight excluding hydrogens is 503 g/mol. The summed E-state index contributed by atoms with van der Waals surface area (Å²) in [5.74, 6) is 2.27. The lowest BCUT2D eigenvalue weighted by molar-refractivity contribution is -0.132. The molecule has 1 N–H and O–H groups in total. The number of β-amino-alcohol motifs (C(OH)–C–C–N with tert-alkyl or cyclic N) is 1. The fraction of sp³-hybridized carbons (Fsp3) is 0.448. The molecule has 1 atom stereocenters. The number of imidazole rings is 1. The number of hydrogen-bond donors (Lipinski definition) is 1. The molecule has 2 aromatic carbocycles. The number of benzene rings is 2. The Kier molecular flexibility index (Phi) is 9.42. The van der Waals surface area contributed by atoms with E-state index < -0.39 is 5.60 Å². The van der Waals surface area contributed by atoms with Crippen molar-refractivity contribution in [2.24, 2.45) is 0 Å². The van der Waals surface area contributed by atoms with E-state index >= 15 is 0 Å². The summed E-state index contributed by atoms with van der Waals surface area (Å²) in [6, 6.07) is 11.5. The molecule has 0 unspecified atom stereocenters. The summed E-state index contributed by atoms with van der Waals surface area (Å²) < 4.78 is 32.8. The summed E-state index contributed by atoms with van der Waals surface area (Å²) in [7, 11) is 1.61. The summed E-state index contributed by atoms with van der Waals surface area (Å²) in [5, 5.41) is 11.5. The summed E-state index contributed by atoms with van der Waals surface area (Å²) in [5.41, 5.74) is -0.329. The van der Waals surface area contributed by atoms with Gasteiger partial charge in [0.15, 0.2) is 11.5 Å². The molecule has 0 aliphatic carbocycles. The summed E-state index contributed by atoms with van der Waals surface area (Å²) >= 11 is 0.